The molecule has 21 heavy (non-hydrogen) atoms. The van der Waals surface area contributed by atoms with Crippen molar-refractivity contribution in [3.05, 3.63) is 22.3 Å². The topological polar surface area (TPSA) is 97.1 Å². The number of aryl methyl sites for hydroxylation is 2. The third-order valence-electron chi connectivity index (χ3n) is 3.21. The van der Waals surface area contributed by atoms with Gasteiger partial charge < -0.3 is 16.4 Å². The van der Waals surface area contributed by atoms with Gasteiger partial charge in [0.1, 0.15) is 10.9 Å². The van der Waals surface area contributed by atoms with Crippen molar-refractivity contribution in [2.45, 2.75) is 26.8 Å². The zero-order valence-electron chi connectivity index (χ0n) is 12.4. The Balaban J connectivity index is 2.39. The van der Waals surface area contributed by atoms with Crippen molar-refractivity contribution < 1.29 is 9.59 Å². The summed E-state index contributed by atoms with van der Waals surface area (Å²) in [6.45, 7) is 5.39. The number of nitrogens with one attached hydrogen (secondary N) is 2. The number of carbonyl (C=O) groups excluding carboxylic acids is 2. The average molecular weight is 306 g/mol. The maximum atomic E-state index is 12.3. The summed E-state index contributed by atoms with van der Waals surface area (Å²) < 4.78 is 0.926. The first-order valence-corrected chi connectivity index (χ1v) is 7.35. The first-order chi connectivity index (χ1) is 9.85. The Morgan fingerprint density at radius 1 is 1.38 bits per heavy atom. The van der Waals surface area contributed by atoms with Crippen molar-refractivity contribution in [2.24, 2.45) is 0 Å². The van der Waals surface area contributed by atoms with Crippen LogP contribution in [0, 0.1) is 13.8 Å². The molecule has 0 aliphatic carbocycles. The average Bonchev–Trinajstić information content (AvgIpc) is 2.74. The van der Waals surface area contributed by atoms with E-state index in [0.717, 1.165) is 21.5 Å². The minimum Gasteiger partial charge on any atom is -0.397 e. The number of anilines is 1. The number of aromatic nitrogens is 1. The lowest BCUT2D eigenvalue weighted by atomic mass is 10.2. The number of hydrogen-bond donors (Lipinski definition) is 3. The molecule has 0 aliphatic heterocycles. The first-order valence-electron chi connectivity index (χ1n) is 6.53. The molecule has 0 saturated carbocycles. The maximum absolute atomic E-state index is 12.3. The van der Waals surface area contributed by atoms with E-state index in [9.17, 15) is 9.59 Å². The van der Waals surface area contributed by atoms with Crippen LogP contribution in [0.5, 0.6) is 0 Å². The number of nitrogens with zero attached hydrogens (tertiary/aromatic N) is 1. The highest BCUT2D eigenvalue weighted by molar-refractivity contribution is 7.21. The number of amides is 2. The van der Waals surface area contributed by atoms with E-state index >= 15 is 0 Å². The fourth-order valence-electron chi connectivity index (χ4n) is 2.19. The van der Waals surface area contributed by atoms with E-state index in [-0.39, 0.29) is 11.8 Å². The fraction of sp³-hybridized carbons (Fsp3) is 0.357. The number of thiophene rings is 1. The Morgan fingerprint density at radius 3 is 2.67 bits per heavy atom. The van der Waals surface area contributed by atoms with Gasteiger partial charge in [-0.1, -0.05) is 0 Å². The summed E-state index contributed by atoms with van der Waals surface area (Å²) in [6.07, 6.45) is 0. The number of carbonyl (C=O) groups is 2. The second kappa shape index (κ2) is 5.69. The molecule has 2 aromatic heterocycles. The van der Waals surface area contributed by atoms with Crippen LogP contribution in [0.1, 0.15) is 28.0 Å². The molecule has 2 heterocycles. The summed E-state index contributed by atoms with van der Waals surface area (Å²) >= 11 is 1.31. The molecule has 0 fully saturated rings. The molecular weight excluding hydrogens is 288 g/mol. The summed E-state index contributed by atoms with van der Waals surface area (Å²) in [6, 6.07) is 1.29. The number of nitrogen functional groups attached to an aromatic ring is 1. The minimum absolute atomic E-state index is 0.253. The van der Waals surface area contributed by atoms with Crippen molar-refractivity contribution in [1.29, 1.82) is 0 Å². The van der Waals surface area contributed by atoms with Gasteiger partial charge in [0.25, 0.3) is 5.91 Å². The smallest absolute Gasteiger partial charge is 0.264 e. The molecule has 2 aromatic rings. The summed E-state index contributed by atoms with van der Waals surface area (Å²) in [7, 11) is 1.52. The molecule has 0 aliphatic rings. The SMILES string of the molecule is CNC(=O)C(C)NC(=O)c1sc2cc(C)nc(C)c2c1N. The Morgan fingerprint density at radius 2 is 2.05 bits per heavy atom. The van der Waals surface area contributed by atoms with Gasteiger partial charge in [-0.2, -0.15) is 0 Å². The van der Waals surface area contributed by atoms with Crippen molar-refractivity contribution >= 4 is 38.9 Å². The summed E-state index contributed by atoms with van der Waals surface area (Å²) in [5, 5.41) is 5.94. The van der Waals surface area contributed by atoms with Crippen LogP contribution in [0.25, 0.3) is 10.1 Å². The summed E-state index contributed by atoms with van der Waals surface area (Å²) in [5.74, 6) is -0.599. The van der Waals surface area contributed by atoms with Crippen LogP contribution in [0.3, 0.4) is 0 Å². The quantitative estimate of drug-likeness (QED) is 0.797. The molecule has 2 rings (SSSR count). The zero-order valence-corrected chi connectivity index (χ0v) is 13.2. The fourth-order valence-corrected chi connectivity index (χ4v) is 3.37. The van der Waals surface area contributed by atoms with Crippen LogP contribution >= 0.6 is 11.3 Å². The maximum Gasteiger partial charge on any atom is 0.264 e. The highest BCUT2D eigenvalue weighted by Crippen LogP contribution is 2.35. The van der Waals surface area contributed by atoms with Crippen molar-refractivity contribution in [3.8, 4) is 0 Å². The van der Waals surface area contributed by atoms with E-state index in [2.05, 4.69) is 15.6 Å². The normalized spacial score (nSPS) is 12.2. The Labute approximate surface area is 126 Å². The number of likely N-dealkylation sites (N-methyl/N-ethyl adjacent to an activating group) is 1. The molecule has 112 valence electrons. The van der Waals surface area contributed by atoms with Crippen LogP contribution in [0.2, 0.25) is 0 Å². The van der Waals surface area contributed by atoms with E-state index in [1.54, 1.807) is 6.92 Å². The van der Waals surface area contributed by atoms with E-state index < -0.39 is 6.04 Å². The molecule has 2 amide bonds. The monoisotopic (exact) mass is 306 g/mol. The Bertz CT molecular complexity index is 723. The lowest BCUT2D eigenvalue weighted by Gasteiger charge is -2.11. The second-order valence-electron chi connectivity index (χ2n) is 4.88. The van der Waals surface area contributed by atoms with Gasteiger partial charge in [-0.15, -0.1) is 11.3 Å². The highest BCUT2D eigenvalue weighted by atomic mass is 32.1. The molecule has 6 nitrogen and oxygen atoms in total. The molecule has 0 bridgehead atoms. The molecule has 1 atom stereocenters. The second-order valence-corrected chi connectivity index (χ2v) is 5.93. The van der Waals surface area contributed by atoms with E-state index in [4.69, 9.17) is 5.73 Å². The Hall–Kier alpha value is -2.15. The van der Waals surface area contributed by atoms with Crippen LogP contribution in [-0.4, -0.2) is 29.9 Å². The minimum atomic E-state index is -0.618. The number of fused-ring (bicyclic) bond motifs is 1. The summed E-state index contributed by atoms with van der Waals surface area (Å²) in [4.78, 5) is 28.5. The van der Waals surface area contributed by atoms with Gasteiger partial charge in [0.2, 0.25) is 5.91 Å². The number of rotatable bonds is 3. The van der Waals surface area contributed by atoms with Crippen molar-refractivity contribution in [1.82, 2.24) is 15.6 Å². The van der Waals surface area contributed by atoms with E-state index in [1.165, 1.54) is 18.4 Å². The van der Waals surface area contributed by atoms with E-state index in [1.807, 2.05) is 19.9 Å². The predicted octanol–water partition coefficient (Wildman–Crippen LogP) is 1.36. The van der Waals surface area contributed by atoms with Crippen LogP contribution in [-0.2, 0) is 4.79 Å². The predicted molar refractivity (Wildman–Crippen MR) is 84.5 cm³/mol. The molecule has 0 saturated heterocycles. The number of pyridine rings is 1. The van der Waals surface area contributed by atoms with Gasteiger partial charge in [-0.05, 0) is 26.8 Å². The third kappa shape index (κ3) is 2.82. The van der Waals surface area contributed by atoms with Crippen LogP contribution in [0.15, 0.2) is 6.07 Å². The van der Waals surface area contributed by atoms with E-state index in [0.29, 0.717) is 10.6 Å². The largest absolute Gasteiger partial charge is 0.397 e. The number of nitrogens with two attached hydrogens (primary N) is 1. The van der Waals surface area contributed by atoms with Crippen LogP contribution < -0.4 is 16.4 Å². The molecule has 4 N–H and O–H groups in total. The van der Waals surface area contributed by atoms with Gasteiger partial charge in [-0.25, -0.2) is 0 Å². The standard InChI is InChI=1S/C14H18N4O2S/c1-6-5-9-10(7(2)17-6)11(15)12(21-9)14(20)18-8(3)13(19)16-4/h5,8H,15H2,1-4H3,(H,16,19)(H,18,20). The van der Waals surface area contributed by atoms with Gasteiger partial charge in [-0.3, -0.25) is 14.6 Å². The lowest BCUT2D eigenvalue weighted by Crippen LogP contribution is -2.43. The zero-order chi connectivity index (χ0) is 15.7. The van der Waals surface area contributed by atoms with Gasteiger partial charge in [0.05, 0.1) is 5.69 Å². The number of hydrogen-bond acceptors (Lipinski definition) is 5. The molecule has 0 spiro atoms. The molecular formula is C14H18N4O2S. The van der Waals surface area contributed by atoms with Gasteiger partial charge in [0.15, 0.2) is 0 Å². The third-order valence-corrected chi connectivity index (χ3v) is 4.36. The molecule has 0 aromatic carbocycles. The molecule has 1 unspecified atom stereocenters. The van der Waals surface area contributed by atoms with Crippen molar-refractivity contribution in [3.63, 3.8) is 0 Å². The molecule has 7 heteroatoms. The van der Waals surface area contributed by atoms with Crippen molar-refractivity contribution in [2.75, 3.05) is 12.8 Å². The first kappa shape index (κ1) is 15.2. The Kier molecular flexibility index (Phi) is 4.13. The van der Waals surface area contributed by atoms with Crippen LogP contribution in [0.4, 0.5) is 5.69 Å². The lowest BCUT2D eigenvalue weighted by molar-refractivity contribution is -0.122. The van der Waals surface area contributed by atoms with Gasteiger partial charge in [0, 0.05) is 28.5 Å². The van der Waals surface area contributed by atoms with Gasteiger partial charge >= 0.3 is 0 Å². The highest BCUT2D eigenvalue weighted by Gasteiger charge is 2.21. The summed E-state index contributed by atoms with van der Waals surface area (Å²) in [5.41, 5.74) is 8.19. The molecule has 0 radical (unpaired) electrons.